The molecular weight excluding hydrogens is 216 g/mol. The average molecular weight is 240 g/mol. The van der Waals surface area contributed by atoms with E-state index in [9.17, 15) is 0 Å². The normalized spacial score (nSPS) is 11.2. The van der Waals surface area contributed by atoms with Crippen molar-refractivity contribution < 1.29 is 0 Å². The Kier molecular flexibility index (Phi) is 6.69. The largest absolute Gasteiger partial charge is 0.315 e. The first kappa shape index (κ1) is 13.7. The lowest BCUT2D eigenvalue weighted by Gasteiger charge is -2.15. The van der Waals surface area contributed by atoms with Gasteiger partial charge < -0.3 is 10.2 Å². The molecule has 1 aromatic heterocycles. The van der Waals surface area contributed by atoms with Crippen molar-refractivity contribution in [2.45, 2.75) is 33.2 Å². The third kappa shape index (κ3) is 5.10. The zero-order valence-electron chi connectivity index (χ0n) is 10.8. The van der Waals surface area contributed by atoms with Gasteiger partial charge in [-0.15, -0.1) is 11.3 Å². The molecule has 0 bridgehead atoms. The lowest BCUT2D eigenvalue weighted by Crippen LogP contribution is -2.29. The van der Waals surface area contributed by atoms with Crippen LogP contribution in [0.25, 0.3) is 0 Å². The molecule has 0 spiro atoms. The van der Waals surface area contributed by atoms with Crippen LogP contribution >= 0.6 is 11.3 Å². The average Bonchev–Trinajstić information content (AvgIpc) is 2.72. The predicted molar refractivity (Wildman–Crippen MR) is 73.2 cm³/mol. The van der Waals surface area contributed by atoms with Crippen LogP contribution in [0.4, 0.5) is 0 Å². The highest BCUT2D eigenvalue weighted by atomic mass is 32.1. The number of likely N-dealkylation sites (N-methyl/N-ethyl adjacent to an activating group) is 1. The molecule has 0 radical (unpaired) electrons. The number of nitrogens with one attached hydrogen (secondary N) is 1. The Hall–Kier alpha value is -0.380. The first-order chi connectivity index (χ1) is 7.76. The number of aryl methyl sites for hydroxylation is 1. The van der Waals surface area contributed by atoms with E-state index in [1.807, 2.05) is 11.3 Å². The third-order valence-corrected chi connectivity index (χ3v) is 3.80. The molecule has 16 heavy (non-hydrogen) atoms. The second-order valence-electron chi connectivity index (χ2n) is 4.21. The second-order valence-corrected chi connectivity index (χ2v) is 5.46. The van der Waals surface area contributed by atoms with Crippen LogP contribution in [0.15, 0.2) is 12.1 Å². The van der Waals surface area contributed by atoms with Crippen LogP contribution in [0, 0.1) is 0 Å². The van der Waals surface area contributed by atoms with Gasteiger partial charge in [0.2, 0.25) is 0 Å². The van der Waals surface area contributed by atoms with Crippen molar-refractivity contribution in [2.75, 3.05) is 26.7 Å². The van der Waals surface area contributed by atoms with Crippen molar-refractivity contribution in [1.29, 1.82) is 0 Å². The van der Waals surface area contributed by atoms with E-state index in [1.165, 1.54) is 16.2 Å². The monoisotopic (exact) mass is 240 g/mol. The van der Waals surface area contributed by atoms with Gasteiger partial charge in [0.1, 0.15) is 0 Å². The Morgan fingerprint density at radius 3 is 2.56 bits per heavy atom. The number of thiophene rings is 1. The van der Waals surface area contributed by atoms with Crippen LogP contribution < -0.4 is 5.32 Å². The molecule has 0 saturated heterocycles. The van der Waals surface area contributed by atoms with Crippen LogP contribution in [0.5, 0.6) is 0 Å². The second kappa shape index (κ2) is 7.82. The van der Waals surface area contributed by atoms with Gasteiger partial charge in [-0.2, -0.15) is 0 Å². The number of nitrogens with zero attached hydrogens (tertiary/aromatic N) is 1. The fourth-order valence-electron chi connectivity index (χ4n) is 1.61. The molecule has 0 fully saturated rings. The maximum atomic E-state index is 3.43. The minimum Gasteiger partial charge on any atom is -0.315 e. The van der Waals surface area contributed by atoms with Crippen LogP contribution in [0.3, 0.4) is 0 Å². The summed E-state index contributed by atoms with van der Waals surface area (Å²) < 4.78 is 0. The molecule has 1 heterocycles. The molecule has 1 rings (SSSR count). The minimum atomic E-state index is 1.08. The van der Waals surface area contributed by atoms with E-state index in [1.54, 1.807) is 0 Å². The molecule has 92 valence electrons. The van der Waals surface area contributed by atoms with Crippen molar-refractivity contribution in [3.8, 4) is 0 Å². The van der Waals surface area contributed by atoms with E-state index in [0.29, 0.717) is 0 Å². The van der Waals surface area contributed by atoms with Gasteiger partial charge in [0.05, 0.1) is 0 Å². The van der Waals surface area contributed by atoms with Crippen molar-refractivity contribution >= 4 is 11.3 Å². The van der Waals surface area contributed by atoms with Gasteiger partial charge in [0, 0.05) is 29.4 Å². The smallest absolute Gasteiger partial charge is 0.0325 e. The summed E-state index contributed by atoms with van der Waals surface area (Å²) in [5.41, 5.74) is 0. The minimum absolute atomic E-state index is 1.08. The lowest BCUT2D eigenvalue weighted by molar-refractivity contribution is 0.327. The number of rotatable bonds is 8. The summed E-state index contributed by atoms with van der Waals surface area (Å²) in [6, 6.07) is 4.52. The topological polar surface area (TPSA) is 15.3 Å². The zero-order valence-corrected chi connectivity index (χ0v) is 11.6. The maximum Gasteiger partial charge on any atom is 0.0325 e. The molecule has 0 aromatic carbocycles. The molecule has 0 aliphatic heterocycles. The third-order valence-electron chi connectivity index (χ3n) is 2.59. The van der Waals surface area contributed by atoms with Crippen LogP contribution in [-0.2, 0) is 13.0 Å². The fraction of sp³-hybridized carbons (Fsp3) is 0.692. The molecule has 0 unspecified atom stereocenters. The van der Waals surface area contributed by atoms with Crippen LogP contribution in [-0.4, -0.2) is 31.6 Å². The molecule has 0 saturated carbocycles. The molecule has 3 heteroatoms. The van der Waals surface area contributed by atoms with Crippen molar-refractivity contribution in [3.63, 3.8) is 0 Å². The van der Waals surface area contributed by atoms with Gasteiger partial charge >= 0.3 is 0 Å². The van der Waals surface area contributed by atoms with Gasteiger partial charge in [-0.05, 0) is 38.6 Å². The summed E-state index contributed by atoms with van der Waals surface area (Å²) in [7, 11) is 2.19. The van der Waals surface area contributed by atoms with E-state index < -0.39 is 0 Å². The van der Waals surface area contributed by atoms with Gasteiger partial charge in [-0.25, -0.2) is 0 Å². The quantitative estimate of drug-likeness (QED) is 0.703. The van der Waals surface area contributed by atoms with Crippen molar-refractivity contribution in [1.82, 2.24) is 10.2 Å². The first-order valence-corrected chi connectivity index (χ1v) is 7.04. The summed E-state index contributed by atoms with van der Waals surface area (Å²) in [4.78, 5) is 5.36. The maximum absolute atomic E-state index is 3.43. The molecule has 1 N–H and O–H groups in total. The van der Waals surface area contributed by atoms with Gasteiger partial charge in [0.15, 0.2) is 0 Å². The highest BCUT2D eigenvalue weighted by molar-refractivity contribution is 7.11. The van der Waals surface area contributed by atoms with Crippen molar-refractivity contribution in [2.24, 2.45) is 0 Å². The molecular formula is C13H24N2S. The van der Waals surface area contributed by atoms with Crippen LogP contribution in [0.2, 0.25) is 0 Å². The Morgan fingerprint density at radius 2 is 1.94 bits per heavy atom. The molecule has 0 aliphatic carbocycles. The van der Waals surface area contributed by atoms with Crippen molar-refractivity contribution in [3.05, 3.63) is 21.9 Å². The van der Waals surface area contributed by atoms with E-state index in [4.69, 9.17) is 0 Å². The zero-order chi connectivity index (χ0) is 11.8. The first-order valence-electron chi connectivity index (χ1n) is 6.23. The Bertz CT molecular complexity index is 283. The number of hydrogen-bond acceptors (Lipinski definition) is 3. The molecule has 0 amide bonds. The fourth-order valence-corrected chi connectivity index (χ4v) is 2.65. The highest BCUT2D eigenvalue weighted by Gasteiger charge is 2.02. The Labute approximate surface area is 104 Å². The van der Waals surface area contributed by atoms with Gasteiger partial charge in [-0.3, -0.25) is 0 Å². The predicted octanol–water partition coefficient (Wildman–Crippen LogP) is 2.74. The molecule has 0 aliphatic rings. The summed E-state index contributed by atoms with van der Waals surface area (Å²) >= 11 is 1.94. The summed E-state index contributed by atoms with van der Waals surface area (Å²) in [5.74, 6) is 0. The highest BCUT2D eigenvalue weighted by Crippen LogP contribution is 2.17. The number of hydrogen-bond donors (Lipinski definition) is 1. The van der Waals surface area contributed by atoms with Gasteiger partial charge in [-0.1, -0.05) is 13.8 Å². The molecule has 2 nitrogen and oxygen atoms in total. The Morgan fingerprint density at radius 1 is 1.19 bits per heavy atom. The lowest BCUT2D eigenvalue weighted by atomic mass is 10.3. The van der Waals surface area contributed by atoms with E-state index in [2.05, 4.69) is 43.2 Å². The molecule has 0 atom stereocenters. The summed E-state index contributed by atoms with van der Waals surface area (Å²) in [6.45, 7) is 8.85. The SMILES string of the molecule is CCCNCCN(C)Cc1ccc(CC)s1. The Balaban J connectivity index is 2.20. The summed E-state index contributed by atoms with van der Waals surface area (Å²) in [6.07, 6.45) is 2.38. The van der Waals surface area contributed by atoms with E-state index in [-0.39, 0.29) is 0 Å². The van der Waals surface area contributed by atoms with E-state index >= 15 is 0 Å². The molecule has 1 aromatic rings. The van der Waals surface area contributed by atoms with E-state index in [0.717, 1.165) is 32.6 Å². The van der Waals surface area contributed by atoms with Gasteiger partial charge in [0.25, 0.3) is 0 Å². The van der Waals surface area contributed by atoms with Crippen LogP contribution in [0.1, 0.15) is 30.0 Å². The summed E-state index contributed by atoms with van der Waals surface area (Å²) in [5, 5.41) is 3.43. The standard InChI is InChI=1S/C13H24N2S/c1-4-8-14-9-10-15(3)11-13-7-6-12(5-2)16-13/h6-7,14H,4-5,8-11H2,1-3H3.